The van der Waals surface area contributed by atoms with E-state index in [4.69, 9.17) is 8.94 Å². The maximum atomic E-state index is 11.7. The van der Waals surface area contributed by atoms with Crippen LogP contribution in [0.2, 0.25) is 0 Å². The van der Waals surface area contributed by atoms with E-state index in [1.807, 2.05) is 37.5 Å². The molecule has 23 heavy (non-hydrogen) atoms. The van der Waals surface area contributed by atoms with Gasteiger partial charge >= 0.3 is 5.91 Å². The van der Waals surface area contributed by atoms with Crippen molar-refractivity contribution >= 4 is 12.1 Å². The van der Waals surface area contributed by atoms with Crippen LogP contribution in [-0.4, -0.2) is 21.8 Å². The van der Waals surface area contributed by atoms with Gasteiger partial charge in [-0.25, -0.2) is 5.43 Å². The third-order valence-electron chi connectivity index (χ3n) is 3.43. The number of rotatable bonds is 4. The van der Waals surface area contributed by atoms with Gasteiger partial charge in [0.2, 0.25) is 0 Å². The summed E-state index contributed by atoms with van der Waals surface area (Å²) in [4.78, 5) is 11.7. The molecule has 0 bridgehead atoms. The van der Waals surface area contributed by atoms with Crippen molar-refractivity contribution in [3.8, 4) is 5.82 Å². The Morgan fingerprint density at radius 3 is 2.83 bits per heavy atom. The topological polar surface area (TPSA) is 85.6 Å². The second kappa shape index (κ2) is 5.96. The summed E-state index contributed by atoms with van der Waals surface area (Å²) < 4.78 is 12.1. The summed E-state index contributed by atoms with van der Waals surface area (Å²) in [5, 5.41) is 7.99. The Hall–Kier alpha value is -3.09. The van der Waals surface area contributed by atoms with Gasteiger partial charge in [-0.2, -0.15) is 5.10 Å². The van der Waals surface area contributed by atoms with E-state index in [-0.39, 0.29) is 5.76 Å². The minimum Gasteiger partial charge on any atom is -0.459 e. The average molecular weight is 312 g/mol. The van der Waals surface area contributed by atoms with Crippen molar-refractivity contribution in [2.24, 2.45) is 5.10 Å². The fraction of sp³-hybridized carbons (Fsp3) is 0.188. The Kier molecular flexibility index (Phi) is 3.84. The minimum absolute atomic E-state index is 0.214. The van der Waals surface area contributed by atoms with Crippen LogP contribution in [0, 0.1) is 20.8 Å². The predicted octanol–water partition coefficient (Wildman–Crippen LogP) is 2.75. The Bertz CT molecular complexity index is 856. The van der Waals surface area contributed by atoms with Gasteiger partial charge in [0.05, 0.1) is 12.5 Å². The molecular weight excluding hydrogens is 296 g/mol. The molecule has 0 atom stereocenters. The summed E-state index contributed by atoms with van der Waals surface area (Å²) in [5.41, 5.74) is 5.25. The number of nitrogens with one attached hydrogen (secondary N) is 1. The van der Waals surface area contributed by atoms with Gasteiger partial charge in [0, 0.05) is 23.0 Å². The summed E-state index contributed by atoms with van der Waals surface area (Å²) >= 11 is 0. The molecule has 0 spiro atoms. The summed E-state index contributed by atoms with van der Waals surface area (Å²) in [5.74, 6) is 1.28. The monoisotopic (exact) mass is 312 g/mol. The number of aryl methyl sites for hydroxylation is 2. The van der Waals surface area contributed by atoms with E-state index in [1.165, 1.54) is 6.26 Å². The van der Waals surface area contributed by atoms with Crippen molar-refractivity contribution in [3.63, 3.8) is 0 Å². The van der Waals surface area contributed by atoms with Gasteiger partial charge in [-0.15, -0.1) is 0 Å². The largest absolute Gasteiger partial charge is 0.459 e. The van der Waals surface area contributed by atoms with Crippen LogP contribution >= 0.6 is 0 Å². The van der Waals surface area contributed by atoms with E-state index >= 15 is 0 Å². The van der Waals surface area contributed by atoms with E-state index in [9.17, 15) is 4.79 Å². The first-order valence-electron chi connectivity index (χ1n) is 7.06. The van der Waals surface area contributed by atoms with Gasteiger partial charge in [0.15, 0.2) is 11.6 Å². The quantitative estimate of drug-likeness (QED) is 0.593. The number of amides is 1. The molecule has 3 aromatic rings. The molecule has 0 aliphatic carbocycles. The molecule has 3 aromatic heterocycles. The van der Waals surface area contributed by atoms with Gasteiger partial charge in [-0.1, -0.05) is 5.16 Å². The molecule has 0 fully saturated rings. The Morgan fingerprint density at radius 2 is 2.17 bits per heavy atom. The average Bonchev–Trinajstić information content (AvgIpc) is 3.22. The second-order valence-electron chi connectivity index (χ2n) is 5.13. The number of carbonyl (C=O) groups excluding carboxylic acids is 1. The zero-order valence-corrected chi connectivity index (χ0v) is 13.0. The first-order chi connectivity index (χ1) is 11.1. The molecular formula is C16H16N4O3. The molecule has 0 aliphatic rings. The molecule has 0 aromatic carbocycles. The van der Waals surface area contributed by atoms with Crippen LogP contribution in [0.25, 0.3) is 5.82 Å². The Morgan fingerprint density at radius 1 is 1.35 bits per heavy atom. The maximum Gasteiger partial charge on any atom is 0.307 e. The predicted molar refractivity (Wildman–Crippen MR) is 83.8 cm³/mol. The van der Waals surface area contributed by atoms with Gasteiger partial charge < -0.3 is 8.94 Å². The van der Waals surface area contributed by atoms with Crippen LogP contribution in [0.5, 0.6) is 0 Å². The third-order valence-corrected chi connectivity index (χ3v) is 3.43. The molecule has 0 aliphatic heterocycles. The molecule has 118 valence electrons. The molecule has 7 nitrogen and oxygen atoms in total. The SMILES string of the molecule is Cc1cc(-n2c(C)cc(/C=N\NC(=O)c3ccco3)c2C)no1. The molecule has 0 unspecified atom stereocenters. The fourth-order valence-electron chi connectivity index (χ4n) is 2.35. The number of nitrogens with zero attached hydrogens (tertiary/aromatic N) is 3. The van der Waals surface area contributed by atoms with Gasteiger partial charge in [0.25, 0.3) is 0 Å². The highest BCUT2D eigenvalue weighted by Crippen LogP contribution is 2.19. The minimum atomic E-state index is -0.396. The van der Waals surface area contributed by atoms with Crippen LogP contribution in [0.1, 0.15) is 33.3 Å². The summed E-state index contributed by atoms with van der Waals surface area (Å²) in [6.07, 6.45) is 3.03. The van der Waals surface area contributed by atoms with Gasteiger partial charge in [-0.3, -0.25) is 9.36 Å². The molecule has 1 N–H and O–H groups in total. The van der Waals surface area contributed by atoms with E-state index in [0.29, 0.717) is 0 Å². The van der Waals surface area contributed by atoms with Crippen molar-refractivity contribution in [3.05, 3.63) is 59.0 Å². The number of aromatic nitrogens is 2. The number of hydrogen-bond donors (Lipinski definition) is 1. The van der Waals surface area contributed by atoms with Crippen LogP contribution in [0.15, 0.2) is 44.6 Å². The highest BCUT2D eigenvalue weighted by molar-refractivity contribution is 5.92. The molecule has 3 heterocycles. The summed E-state index contributed by atoms with van der Waals surface area (Å²) in [6, 6.07) is 7.04. The first kappa shape index (κ1) is 14.8. The van der Waals surface area contributed by atoms with E-state index in [0.717, 1.165) is 28.5 Å². The third kappa shape index (κ3) is 2.94. The van der Waals surface area contributed by atoms with Crippen LogP contribution < -0.4 is 5.43 Å². The van der Waals surface area contributed by atoms with Crippen molar-refractivity contribution in [2.75, 3.05) is 0 Å². The zero-order chi connectivity index (χ0) is 16.4. The number of carbonyl (C=O) groups is 1. The Balaban J connectivity index is 1.79. The summed E-state index contributed by atoms with van der Waals surface area (Å²) in [7, 11) is 0. The van der Waals surface area contributed by atoms with Crippen molar-refractivity contribution in [1.82, 2.24) is 15.1 Å². The standard InChI is InChI=1S/C16H16N4O3/c1-10-7-13(9-17-18-16(21)14-5-4-6-22-14)12(3)20(10)15-8-11(2)23-19-15/h4-9H,1-3H3,(H,18,21)/b17-9-. The highest BCUT2D eigenvalue weighted by Gasteiger charge is 2.12. The van der Waals surface area contributed by atoms with Crippen LogP contribution in [0.3, 0.4) is 0 Å². The smallest absolute Gasteiger partial charge is 0.307 e. The lowest BCUT2D eigenvalue weighted by Gasteiger charge is -2.03. The molecule has 0 radical (unpaired) electrons. The maximum absolute atomic E-state index is 11.7. The fourth-order valence-corrected chi connectivity index (χ4v) is 2.35. The lowest BCUT2D eigenvalue weighted by atomic mass is 10.3. The van der Waals surface area contributed by atoms with Crippen molar-refractivity contribution < 1.29 is 13.7 Å². The first-order valence-corrected chi connectivity index (χ1v) is 7.06. The van der Waals surface area contributed by atoms with E-state index in [2.05, 4.69) is 15.7 Å². The van der Waals surface area contributed by atoms with Crippen molar-refractivity contribution in [2.45, 2.75) is 20.8 Å². The number of hydrogen-bond acceptors (Lipinski definition) is 5. The highest BCUT2D eigenvalue weighted by atomic mass is 16.5. The van der Waals surface area contributed by atoms with E-state index in [1.54, 1.807) is 18.3 Å². The van der Waals surface area contributed by atoms with Crippen molar-refractivity contribution in [1.29, 1.82) is 0 Å². The Labute approximate surface area is 132 Å². The lowest BCUT2D eigenvalue weighted by Crippen LogP contribution is -2.16. The van der Waals surface area contributed by atoms with Gasteiger partial charge in [-0.05, 0) is 39.0 Å². The molecule has 0 saturated carbocycles. The molecule has 3 rings (SSSR count). The number of hydrazone groups is 1. The lowest BCUT2D eigenvalue weighted by molar-refractivity contribution is 0.0927. The zero-order valence-electron chi connectivity index (χ0n) is 13.0. The second-order valence-corrected chi connectivity index (χ2v) is 5.13. The van der Waals surface area contributed by atoms with Crippen LogP contribution in [0.4, 0.5) is 0 Å². The van der Waals surface area contributed by atoms with E-state index < -0.39 is 5.91 Å². The normalized spacial score (nSPS) is 11.3. The molecule has 7 heteroatoms. The number of furan rings is 1. The molecule has 1 amide bonds. The summed E-state index contributed by atoms with van der Waals surface area (Å²) in [6.45, 7) is 5.76. The van der Waals surface area contributed by atoms with Gasteiger partial charge in [0.1, 0.15) is 5.76 Å². The molecule has 0 saturated heterocycles. The van der Waals surface area contributed by atoms with Crippen LogP contribution in [-0.2, 0) is 0 Å².